The maximum Gasteiger partial charge on any atom is 0.265 e. The number of hydrogen-bond donors (Lipinski definition) is 0. The molecule has 1 unspecified atom stereocenters. The fourth-order valence-corrected chi connectivity index (χ4v) is 3.07. The molecule has 0 aromatic heterocycles. The monoisotopic (exact) mass is 237 g/mol. The summed E-state index contributed by atoms with van der Waals surface area (Å²) in [5.74, 6) is 3.84. The summed E-state index contributed by atoms with van der Waals surface area (Å²) in [6.07, 6.45) is 0. The van der Waals surface area contributed by atoms with Crippen LogP contribution < -0.4 is 0 Å². The number of carbonyl (C=O) groups is 2. The topological polar surface area (TPSA) is 37.4 Å². The first-order chi connectivity index (χ1) is 7.11. The number of fused-ring (bicyclic) bond motifs is 1. The van der Waals surface area contributed by atoms with E-state index in [4.69, 9.17) is 0 Å². The highest BCUT2D eigenvalue weighted by Crippen LogP contribution is 2.39. The predicted molar refractivity (Wildman–Crippen MR) is 67.9 cm³/mol. The molecule has 0 radical (unpaired) electrons. The number of ketones is 1. The molecule has 1 amide bonds. The zero-order valence-corrected chi connectivity index (χ0v) is 9.21. The predicted octanol–water partition coefficient (Wildman–Crippen LogP) is 2.34. The second kappa shape index (κ2) is 4.61. The van der Waals surface area contributed by atoms with Crippen LogP contribution in [0.15, 0.2) is 29.2 Å². The van der Waals surface area contributed by atoms with Crippen molar-refractivity contribution in [3.8, 4) is 0 Å². The minimum Gasteiger partial charge on any atom is -0.298 e. The highest BCUT2D eigenvalue weighted by atomic mass is 32.2. The largest absolute Gasteiger partial charge is 0.298 e. The molecule has 0 bridgehead atoms. The standard InChI is InChI=1S/C11H11NO2S.CH4/c1-8(13)7-12-11(14)9-5-3-4-6-10(9)15(12)2;/h3-6H,2,7H2,1H3;1H4. The van der Waals surface area contributed by atoms with Crippen LogP contribution in [0, 0.1) is 0 Å². The Balaban J connectivity index is 0.00000128. The van der Waals surface area contributed by atoms with Gasteiger partial charge in [-0.15, -0.1) is 0 Å². The molecule has 1 atom stereocenters. The Morgan fingerprint density at radius 1 is 1.44 bits per heavy atom. The summed E-state index contributed by atoms with van der Waals surface area (Å²) < 4.78 is 1.53. The van der Waals surface area contributed by atoms with Crippen LogP contribution in [-0.4, -0.2) is 28.4 Å². The molecule has 1 aliphatic heterocycles. The third kappa shape index (κ3) is 1.93. The Kier molecular flexibility index (Phi) is 3.65. The van der Waals surface area contributed by atoms with Crippen LogP contribution in [0.2, 0.25) is 0 Å². The summed E-state index contributed by atoms with van der Waals surface area (Å²) in [4.78, 5) is 23.8. The van der Waals surface area contributed by atoms with Gasteiger partial charge in [-0.3, -0.25) is 13.9 Å². The van der Waals surface area contributed by atoms with E-state index in [0.29, 0.717) is 5.56 Å². The minimum atomic E-state index is -0.523. The average Bonchev–Trinajstić information content (AvgIpc) is 2.44. The Morgan fingerprint density at radius 3 is 2.62 bits per heavy atom. The Morgan fingerprint density at radius 2 is 2.06 bits per heavy atom. The fourth-order valence-electron chi connectivity index (χ4n) is 1.55. The molecule has 1 heterocycles. The molecule has 16 heavy (non-hydrogen) atoms. The van der Waals surface area contributed by atoms with Crippen molar-refractivity contribution in [2.24, 2.45) is 0 Å². The number of Topliss-reactive ketones (excluding diaryl/α,β-unsaturated/α-hetero) is 1. The van der Waals surface area contributed by atoms with Gasteiger partial charge in [-0.25, -0.2) is 0 Å². The lowest BCUT2D eigenvalue weighted by atomic mass is 10.2. The van der Waals surface area contributed by atoms with Crippen molar-refractivity contribution >= 4 is 28.2 Å². The van der Waals surface area contributed by atoms with E-state index >= 15 is 0 Å². The van der Waals surface area contributed by atoms with Crippen molar-refractivity contribution in [1.29, 1.82) is 0 Å². The van der Waals surface area contributed by atoms with E-state index in [-0.39, 0.29) is 25.7 Å². The quantitative estimate of drug-likeness (QED) is 0.740. The van der Waals surface area contributed by atoms with Gasteiger partial charge >= 0.3 is 0 Å². The van der Waals surface area contributed by atoms with Crippen LogP contribution >= 0.6 is 10.7 Å². The van der Waals surface area contributed by atoms with Gasteiger partial charge in [-0.1, -0.05) is 36.1 Å². The summed E-state index contributed by atoms with van der Waals surface area (Å²) in [6.45, 7) is 1.63. The summed E-state index contributed by atoms with van der Waals surface area (Å²) >= 11 is 0. The average molecular weight is 237 g/mol. The molecule has 2 rings (SSSR count). The fraction of sp³-hybridized carbons (Fsp3) is 0.250. The summed E-state index contributed by atoms with van der Waals surface area (Å²) in [6, 6.07) is 7.38. The molecule has 0 spiro atoms. The van der Waals surface area contributed by atoms with E-state index in [2.05, 4.69) is 5.87 Å². The number of nitrogens with zero attached hydrogens (tertiary/aromatic N) is 1. The van der Waals surface area contributed by atoms with E-state index in [1.807, 2.05) is 18.2 Å². The minimum absolute atomic E-state index is 0. The van der Waals surface area contributed by atoms with E-state index in [1.54, 1.807) is 6.07 Å². The van der Waals surface area contributed by atoms with E-state index in [9.17, 15) is 9.59 Å². The second-order valence-corrected chi connectivity index (χ2v) is 5.01. The van der Waals surface area contributed by atoms with Crippen LogP contribution in [0.5, 0.6) is 0 Å². The summed E-state index contributed by atoms with van der Waals surface area (Å²) in [7, 11) is -0.523. The number of rotatable bonds is 2. The third-order valence-corrected chi connectivity index (χ3v) is 3.92. The molecule has 0 N–H and O–H groups in total. The van der Waals surface area contributed by atoms with Gasteiger partial charge in [-0.2, -0.15) is 0 Å². The van der Waals surface area contributed by atoms with Gasteiger partial charge in [0.2, 0.25) is 0 Å². The molecular formula is C12H15NO2S. The summed E-state index contributed by atoms with van der Waals surface area (Å²) in [5, 5.41) is 0. The SMILES string of the molecule is C.C=S1c2ccccc2C(=O)N1CC(C)=O. The van der Waals surface area contributed by atoms with Gasteiger partial charge in [0.15, 0.2) is 0 Å². The normalized spacial score (nSPS) is 17.9. The molecule has 0 fully saturated rings. The van der Waals surface area contributed by atoms with Crippen LogP contribution in [0.3, 0.4) is 0 Å². The van der Waals surface area contributed by atoms with Crippen LogP contribution in [0.4, 0.5) is 0 Å². The molecule has 1 aromatic carbocycles. The smallest absolute Gasteiger partial charge is 0.265 e. The molecule has 0 aliphatic carbocycles. The molecule has 0 saturated carbocycles. The van der Waals surface area contributed by atoms with Crippen LogP contribution in [0.1, 0.15) is 24.7 Å². The van der Waals surface area contributed by atoms with Gasteiger partial charge in [0.1, 0.15) is 5.78 Å². The first-order valence-electron chi connectivity index (χ1n) is 4.55. The lowest BCUT2D eigenvalue weighted by Gasteiger charge is -2.15. The zero-order valence-electron chi connectivity index (χ0n) is 8.40. The van der Waals surface area contributed by atoms with Crippen molar-refractivity contribution < 1.29 is 9.59 Å². The lowest BCUT2D eigenvalue weighted by Crippen LogP contribution is -2.25. The van der Waals surface area contributed by atoms with Crippen molar-refractivity contribution in [3.05, 3.63) is 29.8 Å². The highest BCUT2D eigenvalue weighted by molar-refractivity contribution is 8.13. The van der Waals surface area contributed by atoms with E-state index in [0.717, 1.165) is 4.90 Å². The van der Waals surface area contributed by atoms with Gasteiger partial charge < -0.3 is 0 Å². The van der Waals surface area contributed by atoms with Crippen molar-refractivity contribution in [2.45, 2.75) is 19.2 Å². The first kappa shape index (κ1) is 12.6. The van der Waals surface area contributed by atoms with Crippen molar-refractivity contribution in [3.63, 3.8) is 0 Å². The van der Waals surface area contributed by atoms with E-state index in [1.165, 1.54) is 11.2 Å². The maximum absolute atomic E-state index is 11.9. The summed E-state index contributed by atoms with van der Waals surface area (Å²) in [5.41, 5.74) is 0.678. The molecule has 1 aliphatic rings. The molecule has 1 aromatic rings. The van der Waals surface area contributed by atoms with Gasteiger partial charge in [0.25, 0.3) is 5.91 Å². The number of amides is 1. The Hall–Kier alpha value is -1.42. The Labute approximate surface area is 98.1 Å². The number of benzene rings is 1. The second-order valence-electron chi connectivity index (χ2n) is 3.40. The molecule has 4 heteroatoms. The van der Waals surface area contributed by atoms with Gasteiger partial charge in [0, 0.05) is 4.90 Å². The lowest BCUT2D eigenvalue weighted by molar-refractivity contribution is -0.116. The highest BCUT2D eigenvalue weighted by Gasteiger charge is 2.30. The molecule has 0 saturated heterocycles. The van der Waals surface area contributed by atoms with Crippen LogP contribution in [0.25, 0.3) is 0 Å². The first-order valence-corrected chi connectivity index (χ1v) is 5.91. The number of hydrogen-bond acceptors (Lipinski definition) is 2. The van der Waals surface area contributed by atoms with Gasteiger partial charge in [-0.05, 0) is 19.1 Å². The molecular weight excluding hydrogens is 222 g/mol. The van der Waals surface area contributed by atoms with Gasteiger partial charge in [0.05, 0.1) is 12.1 Å². The van der Waals surface area contributed by atoms with Crippen LogP contribution in [-0.2, 0) is 4.79 Å². The van der Waals surface area contributed by atoms with Crippen molar-refractivity contribution in [1.82, 2.24) is 4.31 Å². The third-order valence-electron chi connectivity index (χ3n) is 2.23. The molecule has 3 nitrogen and oxygen atoms in total. The van der Waals surface area contributed by atoms with E-state index < -0.39 is 10.7 Å². The maximum atomic E-state index is 11.9. The Bertz CT molecular complexity index is 433. The number of carbonyl (C=O) groups excluding carboxylic acids is 2. The van der Waals surface area contributed by atoms with Crippen molar-refractivity contribution in [2.75, 3.05) is 6.54 Å². The molecule has 86 valence electrons. The zero-order chi connectivity index (χ0) is 11.0.